The first-order valence-electron chi connectivity index (χ1n) is 7.32. The van der Waals surface area contributed by atoms with Gasteiger partial charge in [0.1, 0.15) is 18.1 Å². The number of ether oxygens (including phenoxy) is 2. The van der Waals surface area contributed by atoms with Crippen LogP contribution < -0.4 is 14.9 Å². The second-order valence-corrected chi connectivity index (χ2v) is 6.12. The van der Waals surface area contributed by atoms with Gasteiger partial charge in [0, 0.05) is 10.0 Å². The lowest BCUT2D eigenvalue weighted by atomic mass is 10.2. The molecule has 0 radical (unpaired) electrons. The van der Waals surface area contributed by atoms with Crippen LogP contribution in [0.4, 0.5) is 0 Å². The molecular formula is C18H16BrClN2O3. The van der Waals surface area contributed by atoms with Crippen LogP contribution in [-0.2, 0) is 4.79 Å². The number of hydrogen-bond donors (Lipinski definition) is 1. The SMILES string of the molecule is C=CCOc1ccc(Br)cc1/C=N/NC(=O)COc1ccccc1Cl. The number of benzene rings is 2. The monoisotopic (exact) mass is 422 g/mol. The van der Waals surface area contributed by atoms with Gasteiger partial charge in [-0.1, -0.05) is 52.3 Å². The van der Waals surface area contributed by atoms with Crippen molar-refractivity contribution in [2.45, 2.75) is 0 Å². The molecule has 130 valence electrons. The number of carbonyl (C=O) groups excluding carboxylic acids is 1. The molecule has 5 nitrogen and oxygen atoms in total. The van der Waals surface area contributed by atoms with Gasteiger partial charge < -0.3 is 9.47 Å². The fourth-order valence-corrected chi connectivity index (χ4v) is 2.38. The highest BCUT2D eigenvalue weighted by Gasteiger charge is 2.05. The van der Waals surface area contributed by atoms with E-state index < -0.39 is 5.91 Å². The highest BCUT2D eigenvalue weighted by molar-refractivity contribution is 9.10. The minimum atomic E-state index is -0.403. The Balaban J connectivity index is 1.91. The smallest absolute Gasteiger partial charge is 0.277 e. The van der Waals surface area contributed by atoms with Crippen molar-refractivity contribution in [1.82, 2.24) is 5.43 Å². The van der Waals surface area contributed by atoms with Gasteiger partial charge in [0.2, 0.25) is 0 Å². The van der Waals surface area contributed by atoms with E-state index in [4.69, 9.17) is 21.1 Å². The Morgan fingerprint density at radius 1 is 1.24 bits per heavy atom. The Bertz CT molecular complexity index is 781. The lowest BCUT2D eigenvalue weighted by molar-refractivity contribution is -0.123. The molecule has 1 N–H and O–H groups in total. The standard InChI is InChI=1S/C18H16BrClN2O3/c1-2-9-24-16-8-7-14(19)10-13(16)11-21-22-18(23)12-25-17-6-4-3-5-15(17)20/h2-8,10-11H,1,9,12H2,(H,22,23)/b21-11+. The molecule has 0 spiro atoms. The predicted molar refractivity (Wildman–Crippen MR) is 103 cm³/mol. The third-order valence-electron chi connectivity index (χ3n) is 2.92. The van der Waals surface area contributed by atoms with Gasteiger partial charge in [-0.3, -0.25) is 4.79 Å². The fourth-order valence-electron chi connectivity index (χ4n) is 1.81. The summed E-state index contributed by atoms with van der Waals surface area (Å²) in [6.07, 6.45) is 3.15. The van der Waals surface area contributed by atoms with Crippen LogP contribution in [0.2, 0.25) is 5.02 Å². The Morgan fingerprint density at radius 2 is 2.04 bits per heavy atom. The number of carbonyl (C=O) groups is 1. The molecule has 0 saturated heterocycles. The van der Waals surface area contributed by atoms with Crippen molar-refractivity contribution in [2.75, 3.05) is 13.2 Å². The van der Waals surface area contributed by atoms with E-state index in [-0.39, 0.29) is 6.61 Å². The molecule has 0 bridgehead atoms. The van der Waals surface area contributed by atoms with Gasteiger partial charge in [-0.2, -0.15) is 5.10 Å². The zero-order chi connectivity index (χ0) is 18.1. The fraction of sp³-hybridized carbons (Fsp3) is 0.111. The number of halogens is 2. The summed E-state index contributed by atoms with van der Waals surface area (Å²) >= 11 is 9.34. The van der Waals surface area contributed by atoms with Crippen molar-refractivity contribution in [3.05, 3.63) is 70.2 Å². The second kappa shape index (κ2) is 9.86. The summed E-state index contributed by atoms with van der Waals surface area (Å²) < 4.78 is 11.7. The summed E-state index contributed by atoms with van der Waals surface area (Å²) in [5, 5.41) is 4.36. The molecule has 2 aromatic carbocycles. The number of para-hydroxylation sites is 1. The van der Waals surface area contributed by atoms with Crippen molar-refractivity contribution < 1.29 is 14.3 Å². The minimum absolute atomic E-state index is 0.195. The van der Waals surface area contributed by atoms with E-state index in [1.54, 1.807) is 36.4 Å². The van der Waals surface area contributed by atoms with E-state index in [9.17, 15) is 4.79 Å². The summed E-state index contributed by atoms with van der Waals surface area (Å²) in [5.41, 5.74) is 3.11. The van der Waals surface area contributed by atoms with E-state index in [1.807, 2.05) is 12.1 Å². The van der Waals surface area contributed by atoms with Crippen molar-refractivity contribution in [2.24, 2.45) is 5.10 Å². The molecule has 2 rings (SSSR count). The topological polar surface area (TPSA) is 59.9 Å². The molecule has 7 heteroatoms. The molecule has 0 aliphatic rings. The predicted octanol–water partition coefficient (Wildman–Crippen LogP) is 4.20. The molecule has 0 saturated carbocycles. The zero-order valence-electron chi connectivity index (χ0n) is 13.2. The van der Waals surface area contributed by atoms with Crippen LogP contribution in [0.5, 0.6) is 11.5 Å². The summed E-state index contributed by atoms with van der Waals surface area (Å²) in [6, 6.07) is 12.4. The molecule has 0 aliphatic carbocycles. The van der Waals surface area contributed by atoms with Gasteiger partial charge in [-0.05, 0) is 30.3 Å². The number of nitrogens with zero attached hydrogens (tertiary/aromatic N) is 1. The van der Waals surface area contributed by atoms with E-state index in [2.05, 4.69) is 33.0 Å². The molecule has 1 amide bonds. The third-order valence-corrected chi connectivity index (χ3v) is 3.72. The second-order valence-electron chi connectivity index (χ2n) is 4.79. The van der Waals surface area contributed by atoms with Crippen molar-refractivity contribution in [3.63, 3.8) is 0 Å². The Labute approximate surface area is 159 Å². The molecule has 0 aliphatic heterocycles. The number of nitrogens with one attached hydrogen (secondary N) is 1. The van der Waals surface area contributed by atoms with E-state index in [0.29, 0.717) is 28.7 Å². The van der Waals surface area contributed by atoms with Crippen LogP contribution in [0.3, 0.4) is 0 Å². The number of hydrogen-bond acceptors (Lipinski definition) is 4. The van der Waals surface area contributed by atoms with Gasteiger partial charge >= 0.3 is 0 Å². The third kappa shape index (κ3) is 6.25. The summed E-state index contributed by atoms with van der Waals surface area (Å²) in [7, 11) is 0. The van der Waals surface area contributed by atoms with E-state index >= 15 is 0 Å². The summed E-state index contributed by atoms with van der Waals surface area (Å²) in [6.45, 7) is 3.79. The molecule has 0 heterocycles. The van der Waals surface area contributed by atoms with Crippen LogP contribution in [0, 0.1) is 0 Å². The zero-order valence-corrected chi connectivity index (χ0v) is 15.6. The molecule has 0 aromatic heterocycles. The Kier molecular flexibility index (Phi) is 7.50. The Hall–Kier alpha value is -2.31. The van der Waals surface area contributed by atoms with Crippen LogP contribution in [0.1, 0.15) is 5.56 Å². The average molecular weight is 424 g/mol. The lowest BCUT2D eigenvalue weighted by Gasteiger charge is -2.08. The van der Waals surface area contributed by atoms with Crippen LogP contribution in [0.15, 0.2) is 64.7 Å². The highest BCUT2D eigenvalue weighted by atomic mass is 79.9. The number of amides is 1. The first kappa shape index (κ1) is 19.0. The number of hydrazone groups is 1. The maximum Gasteiger partial charge on any atom is 0.277 e. The normalized spacial score (nSPS) is 10.5. The van der Waals surface area contributed by atoms with Crippen LogP contribution >= 0.6 is 27.5 Å². The maximum absolute atomic E-state index is 11.8. The van der Waals surface area contributed by atoms with E-state index in [1.165, 1.54) is 6.21 Å². The van der Waals surface area contributed by atoms with Gasteiger partial charge in [-0.25, -0.2) is 5.43 Å². The maximum atomic E-state index is 11.8. The molecule has 0 unspecified atom stereocenters. The Morgan fingerprint density at radius 3 is 2.80 bits per heavy atom. The average Bonchev–Trinajstić information content (AvgIpc) is 2.60. The van der Waals surface area contributed by atoms with Crippen LogP contribution in [-0.4, -0.2) is 25.3 Å². The first-order chi connectivity index (χ1) is 12.1. The summed E-state index contributed by atoms with van der Waals surface area (Å²) in [4.78, 5) is 11.8. The minimum Gasteiger partial charge on any atom is -0.489 e. The highest BCUT2D eigenvalue weighted by Crippen LogP contribution is 2.23. The van der Waals surface area contributed by atoms with Gasteiger partial charge in [-0.15, -0.1) is 0 Å². The lowest BCUT2D eigenvalue weighted by Crippen LogP contribution is -2.24. The van der Waals surface area contributed by atoms with Gasteiger partial charge in [0.25, 0.3) is 5.91 Å². The number of rotatable bonds is 8. The van der Waals surface area contributed by atoms with E-state index in [0.717, 1.165) is 4.47 Å². The quantitative estimate of drug-likeness (QED) is 0.393. The van der Waals surface area contributed by atoms with Crippen molar-refractivity contribution in [1.29, 1.82) is 0 Å². The first-order valence-corrected chi connectivity index (χ1v) is 8.49. The van der Waals surface area contributed by atoms with Crippen molar-refractivity contribution in [3.8, 4) is 11.5 Å². The molecular weight excluding hydrogens is 408 g/mol. The van der Waals surface area contributed by atoms with Crippen molar-refractivity contribution >= 4 is 39.7 Å². The largest absolute Gasteiger partial charge is 0.489 e. The molecule has 25 heavy (non-hydrogen) atoms. The summed E-state index contributed by atoms with van der Waals surface area (Å²) in [5.74, 6) is 0.670. The van der Waals surface area contributed by atoms with Gasteiger partial charge in [0.15, 0.2) is 6.61 Å². The van der Waals surface area contributed by atoms with Crippen LogP contribution in [0.25, 0.3) is 0 Å². The van der Waals surface area contributed by atoms with Gasteiger partial charge in [0.05, 0.1) is 11.2 Å². The molecule has 0 fully saturated rings. The molecule has 0 atom stereocenters. The molecule has 2 aromatic rings.